The Bertz CT molecular complexity index is 258. The van der Waals surface area contributed by atoms with E-state index in [4.69, 9.17) is 4.52 Å². The summed E-state index contributed by atoms with van der Waals surface area (Å²) in [5, 5.41) is 0. The molecule has 0 aliphatic heterocycles. The maximum Gasteiger partial charge on any atom is 0.125 e. The Labute approximate surface area is 76.4 Å². The first-order valence-electron chi connectivity index (χ1n) is 4.24. The number of aryl methyl sites for hydroxylation is 1. The van der Waals surface area contributed by atoms with Crippen LogP contribution >= 0.6 is 9.47 Å². The Morgan fingerprint density at radius 2 is 2.17 bits per heavy atom. The van der Waals surface area contributed by atoms with Gasteiger partial charge >= 0.3 is 0 Å². The Morgan fingerprint density at radius 1 is 1.42 bits per heavy atom. The minimum atomic E-state index is 0.964. The van der Waals surface area contributed by atoms with Gasteiger partial charge in [-0.2, -0.15) is 0 Å². The molecule has 1 atom stereocenters. The molecule has 1 unspecified atom stereocenters. The van der Waals surface area contributed by atoms with Crippen LogP contribution in [-0.2, 0) is 6.42 Å². The first kappa shape index (κ1) is 9.54. The lowest BCUT2D eigenvalue weighted by atomic mass is 10.0. The van der Waals surface area contributed by atoms with Gasteiger partial charge in [-0.1, -0.05) is 25.5 Å². The van der Waals surface area contributed by atoms with Crippen molar-refractivity contribution in [2.75, 3.05) is 0 Å². The third-order valence-corrected chi connectivity index (χ3v) is 2.30. The van der Waals surface area contributed by atoms with Crippen molar-refractivity contribution in [1.82, 2.24) is 0 Å². The Morgan fingerprint density at radius 3 is 2.75 bits per heavy atom. The van der Waals surface area contributed by atoms with Crippen LogP contribution < -0.4 is 4.52 Å². The smallest absolute Gasteiger partial charge is 0.125 e. The fourth-order valence-corrected chi connectivity index (χ4v) is 1.58. The Hall–Kier alpha value is -0.550. The van der Waals surface area contributed by atoms with Crippen LogP contribution in [0.25, 0.3) is 0 Å². The molecule has 0 saturated carbocycles. The molecule has 0 aliphatic carbocycles. The van der Waals surface area contributed by atoms with Gasteiger partial charge in [0, 0.05) is 0 Å². The molecule has 0 amide bonds. The van der Waals surface area contributed by atoms with Crippen LogP contribution in [0.2, 0.25) is 0 Å². The number of hydrogen-bond donors (Lipinski definition) is 0. The second kappa shape index (κ2) is 4.47. The van der Waals surface area contributed by atoms with Crippen LogP contribution in [0.5, 0.6) is 5.75 Å². The predicted octanol–water partition coefficient (Wildman–Crippen LogP) is 3.12. The summed E-state index contributed by atoms with van der Waals surface area (Å²) in [6.07, 6.45) is 2.31. The number of hydrogen-bond acceptors (Lipinski definition) is 1. The molecule has 0 fully saturated rings. The summed E-state index contributed by atoms with van der Waals surface area (Å²) in [5.41, 5.74) is 2.65. The van der Waals surface area contributed by atoms with Crippen molar-refractivity contribution in [2.45, 2.75) is 26.7 Å². The van der Waals surface area contributed by atoms with E-state index in [1.807, 2.05) is 12.1 Å². The van der Waals surface area contributed by atoms with Crippen LogP contribution in [-0.4, -0.2) is 0 Å². The predicted molar refractivity (Wildman–Crippen MR) is 55.5 cm³/mol. The zero-order valence-electron chi connectivity index (χ0n) is 7.63. The molecule has 1 aromatic carbocycles. The molecule has 0 heterocycles. The molecule has 12 heavy (non-hydrogen) atoms. The number of benzene rings is 1. The molecule has 0 aliphatic rings. The van der Waals surface area contributed by atoms with Crippen LogP contribution in [0.3, 0.4) is 0 Å². The van der Waals surface area contributed by atoms with Crippen molar-refractivity contribution < 1.29 is 4.52 Å². The summed E-state index contributed by atoms with van der Waals surface area (Å²) in [5.74, 6) is 0.964. The molecule has 0 bridgehead atoms. The maximum absolute atomic E-state index is 5.15. The zero-order chi connectivity index (χ0) is 8.97. The lowest BCUT2D eigenvalue weighted by Crippen LogP contribution is -1.90. The van der Waals surface area contributed by atoms with E-state index in [9.17, 15) is 0 Å². The van der Waals surface area contributed by atoms with E-state index in [0.29, 0.717) is 0 Å². The highest BCUT2D eigenvalue weighted by Crippen LogP contribution is 2.23. The zero-order valence-corrected chi connectivity index (χ0v) is 8.79. The summed E-state index contributed by atoms with van der Waals surface area (Å²) in [6.45, 7) is 4.29. The van der Waals surface area contributed by atoms with E-state index in [0.717, 1.165) is 12.2 Å². The highest BCUT2D eigenvalue weighted by atomic mass is 31.0. The minimum absolute atomic E-state index is 0.964. The van der Waals surface area contributed by atoms with Crippen molar-refractivity contribution in [2.24, 2.45) is 0 Å². The summed E-state index contributed by atoms with van der Waals surface area (Å²) >= 11 is 0. The van der Waals surface area contributed by atoms with Crippen molar-refractivity contribution in [1.29, 1.82) is 0 Å². The molecular formula is C10H15OP. The van der Waals surface area contributed by atoms with Gasteiger partial charge in [0.15, 0.2) is 0 Å². The van der Waals surface area contributed by atoms with Gasteiger partial charge in [0.05, 0.1) is 9.47 Å². The van der Waals surface area contributed by atoms with E-state index in [2.05, 4.69) is 29.4 Å². The lowest BCUT2D eigenvalue weighted by molar-refractivity contribution is 0.637. The highest BCUT2D eigenvalue weighted by Gasteiger charge is 2.01. The SMILES string of the molecule is CCCc1cccc(OP)c1C. The highest BCUT2D eigenvalue weighted by molar-refractivity contribution is 7.10. The first-order chi connectivity index (χ1) is 5.79. The van der Waals surface area contributed by atoms with E-state index in [1.54, 1.807) is 0 Å². The van der Waals surface area contributed by atoms with Crippen LogP contribution in [0, 0.1) is 6.92 Å². The fourth-order valence-electron chi connectivity index (χ4n) is 1.33. The molecule has 66 valence electrons. The van der Waals surface area contributed by atoms with Gasteiger partial charge in [-0.05, 0) is 30.5 Å². The summed E-state index contributed by atoms with van der Waals surface area (Å²) in [4.78, 5) is 0. The van der Waals surface area contributed by atoms with Gasteiger partial charge in [0.25, 0.3) is 0 Å². The topological polar surface area (TPSA) is 9.23 Å². The quantitative estimate of drug-likeness (QED) is 0.652. The molecular weight excluding hydrogens is 167 g/mol. The summed E-state index contributed by atoms with van der Waals surface area (Å²) in [6, 6.07) is 6.19. The summed E-state index contributed by atoms with van der Waals surface area (Å²) in [7, 11) is 2.29. The molecule has 1 nitrogen and oxygen atoms in total. The van der Waals surface area contributed by atoms with Crippen molar-refractivity contribution in [3.63, 3.8) is 0 Å². The third-order valence-electron chi connectivity index (χ3n) is 2.04. The summed E-state index contributed by atoms with van der Waals surface area (Å²) < 4.78 is 5.15. The monoisotopic (exact) mass is 182 g/mol. The van der Waals surface area contributed by atoms with Crippen LogP contribution in [0.1, 0.15) is 24.5 Å². The Balaban J connectivity index is 2.97. The minimum Gasteiger partial charge on any atom is -0.480 e. The average molecular weight is 182 g/mol. The van der Waals surface area contributed by atoms with Gasteiger partial charge in [-0.25, -0.2) is 0 Å². The van der Waals surface area contributed by atoms with Crippen LogP contribution in [0.4, 0.5) is 0 Å². The molecule has 0 spiro atoms. The van der Waals surface area contributed by atoms with E-state index >= 15 is 0 Å². The van der Waals surface area contributed by atoms with Gasteiger partial charge in [-0.15, -0.1) is 0 Å². The number of rotatable bonds is 3. The molecule has 0 N–H and O–H groups in total. The van der Waals surface area contributed by atoms with Crippen LogP contribution in [0.15, 0.2) is 18.2 Å². The molecule has 0 radical (unpaired) electrons. The fraction of sp³-hybridized carbons (Fsp3) is 0.400. The van der Waals surface area contributed by atoms with Gasteiger partial charge in [0.1, 0.15) is 5.75 Å². The standard InChI is InChI=1S/C10H15OP/c1-3-5-9-6-4-7-10(11-12)8(9)2/h4,6-7H,3,5,12H2,1-2H3. The van der Waals surface area contributed by atoms with Crippen molar-refractivity contribution in [3.05, 3.63) is 29.3 Å². The van der Waals surface area contributed by atoms with Gasteiger partial charge < -0.3 is 4.52 Å². The maximum atomic E-state index is 5.15. The first-order valence-corrected chi connectivity index (χ1v) is 4.72. The van der Waals surface area contributed by atoms with E-state index in [-0.39, 0.29) is 0 Å². The van der Waals surface area contributed by atoms with Gasteiger partial charge in [-0.3, -0.25) is 0 Å². The molecule has 0 aromatic heterocycles. The molecule has 1 rings (SSSR count). The largest absolute Gasteiger partial charge is 0.480 e. The van der Waals surface area contributed by atoms with Crippen molar-refractivity contribution >= 4 is 9.47 Å². The van der Waals surface area contributed by atoms with E-state index < -0.39 is 0 Å². The third kappa shape index (κ3) is 1.98. The van der Waals surface area contributed by atoms with Crippen molar-refractivity contribution in [3.8, 4) is 5.75 Å². The second-order valence-electron chi connectivity index (χ2n) is 2.91. The molecule has 0 saturated heterocycles. The Kier molecular flexibility index (Phi) is 3.55. The van der Waals surface area contributed by atoms with Gasteiger partial charge in [0.2, 0.25) is 0 Å². The second-order valence-corrected chi connectivity index (χ2v) is 3.14. The normalized spacial score (nSPS) is 9.92. The average Bonchev–Trinajstić information content (AvgIpc) is 2.09. The molecule has 2 heteroatoms. The lowest BCUT2D eigenvalue weighted by Gasteiger charge is -2.08. The molecule has 1 aromatic rings. The van der Waals surface area contributed by atoms with E-state index in [1.165, 1.54) is 17.5 Å².